The standard InChI is InChI=1S/C27H29BrO4S/c1-4-7-26-22(28)17-27(33-26)23(29)14-10-19-8-12-21(13-9-19)32-18-20-11-15-24(30-5-2)25(16-20)31-6-3/h8-17H,4-7,18H2,1-3H3/b14-10+. The molecule has 0 fully saturated rings. The fourth-order valence-electron chi connectivity index (χ4n) is 3.21. The third-order valence-corrected chi connectivity index (χ3v) is 6.98. The molecule has 174 valence electrons. The molecule has 33 heavy (non-hydrogen) atoms. The number of halogens is 1. The van der Waals surface area contributed by atoms with Crippen molar-refractivity contribution in [3.05, 3.63) is 80.0 Å². The Morgan fingerprint density at radius 3 is 2.36 bits per heavy atom. The monoisotopic (exact) mass is 528 g/mol. The number of rotatable bonds is 12. The highest BCUT2D eigenvalue weighted by Gasteiger charge is 2.11. The van der Waals surface area contributed by atoms with E-state index in [0.29, 0.717) is 19.8 Å². The maximum absolute atomic E-state index is 12.5. The minimum atomic E-state index is 0.0176. The third-order valence-electron chi connectivity index (χ3n) is 4.80. The summed E-state index contributed by atoms with van der Waals surface area (Å²) >= 11 is 5.11. The van der Waals surface area contributed by atoms with Gasteiger partial charge in [0, 0.05) is 9.35 Å². The van der Waals surface area contributed by atoms with Crippen LogP contribution in [0.15, 0.2) is 59.1 Å². The summed E-state index contributed by atoms with van der Waals surface area (Å²) in [5.41, 5.74) is 1.95. The summed E-state index contributed by atoms with van der Waals surface area (Å²) in [4.78, 5) is 14.5. The first-order valence-electron chi connectivity index (χ1n) is 11.2. The van der Waals surface area contributed by atoms with Crippen molar-refractivity contribution in [1.82, 2.24) is 0 Å². The van der Waals surface area contributed by atoms with Crippen molar-refractivity contribution in [2.45, 2.75) is 40.2 Å². The predicted molar refractivity (Wildman–Crippen MR) is 139 cm³/mol. The molecular formula is C27H29BrO4S. The summed E-state index contributed by atoms with van der Waals surface area (Å²) in [6, 6.07) is 15.4. The van der Waals surface area contributed by atoms with Crippen LogP contribution >= 0.6 is 27.3 Å². The molecule has 1 aromatic heterocycles. The van der Waals surface area contributed by atoms with E-state index in [9.17, 15) is 4.79 Å². The van der Waals surface area contributed by atoms with Gasteiger partial charge >= 0.3 is 0 Å². The Bertz CT molecular complexity index is 1090. The first-order valence-corrected chi connectivity index (χ1v) is 12.8. The average molecular weight is 529 g/mol. The number of carbonyl (C=O) groups is 1. The number of hydrogen-bond acceptors (Lipinski definition) is 5. The van der Waals surface area contributed by atoms with Gasteiger partial charge in [-0.2, -0.15) is 0 Å². The molecule has 4 nitrogen and oxygen atoms in total. The van der Waals surface area contributed by atoms with Crippen LogP contribution in [0.4, 0.5) is 0 Å². The van der Waals surface area contributed by atoms with Crippen LogP contribution in [0, 0.1) is 0 Å². The molecule has 0 amide bonds. The molecule has 3 aromatic rings. The van der Waals surface area contributed by atoms with Crippen LogP contribution in [0.5, 0.6) is 17.2 Å². The van der Waals surface area contributed by atoms with E-state index in [1.54, 1.807) is 17.4 Å². The Balaban J connectivity index is 1.58. The summed E-state index contributed by atoms with van der Waals surface area (Å²) in [6.45, 7) is 7.63. The molecule has 0 radical (unpaired) electrons. The summed E-state index contributed by atoms with van der Waals surface area (Å²) in [7, 11) is 0. The zero-order valence-electron chi connectivity index (χ0n) is 19.2. The van der Waals surface area contributed by atoms with E-state index in [1.807, 2.05) is 68.5 Å². The second-order valence-electron chi connectivity index (χ2n) is 7.33. The molecule has 2 aromatic carbocycles. The van der Waals surface area contributed by atoms with E-state index in [-0.39, 0.29) is 5.78 Å². The number of allylic oxidation sites excluding steroid dienone is 1. The molecule has 0 aliphatic carbocycles. The lowest BCUT2D eigenvalue weighted by Crippen LogP contribution is -2.01. The second kappa shape index (κ2) is 12.6. The predicted octanol–water partition coefficient (Wildman–Crippen LogP) is 7.74. The highest BCUT2D eigenvalue weighted by Crippen LogP contribution is 2.30. The number of ketones is 1. The van der Waals surface area contributed by atoms with E-state index >= 15 is 0 Å². The van der Waals surface area contributed by atoms with Crippen molar-refractivity contribution in [2.24, 2.45) is 0 Å². The van der Waals surface area contributed by atoms with E-state index in [1.165, 1.54) is 4.88 Å². The second-order valence-corrected chi connectivity index (χ2v) is 9.33. The lowest BCUT2D eigenvalue weighted by Gasteiger charge is -2.13. The largest absolute Gasteiger partial charge is 0.490 e. The molecule has 0 N–H and O–H groups in total. The summed E-state index contributed by atoms with van der Waals surface area (Å²) in [5, 5.41) is 0. The number of benzene rings is 2. The minimum absolute atomic E-state index is 0.0176. The lowest BCUT2D eigenvalue weighted by atomic mass is 10.1. The molecule has 0 bridgehead atoms. The quantitative estimate of drug-likeness (QED) is 0.178. The van der Waals surface area contributed by atoms with Crippen LogP contribution < -0.4 is 14.2 Å². The van der Waals surface area contributed by atoms with Crippen LogP contribution in [-0.4, -0.2) is 19.0 Å². The minimum Gasteiger partial charge on any atom is -0.490 e. The Kier molecular flexibility index (Phi) is 9.58. The van der Waals surface area contributed by atoms with Crippen LogP contribution in [0.25, 0.3) is 6.08 Å². The van der Waals surface area contributed by atoms with Crippen LogP contribution in [0.1, 0.15) is 52.9 Å². The summed E-state index contributed by atoms with van der Waals surface area (Å²) in [6.07, 6.45) is 5.50. The van der Waals surface area contributed by atoms with E-state index in [4.69, 9.17) is 14.2 Å². The van der Waals surface area contributed by atoms with Gasteiger partial charge in [0.25, 0.3) is 0 Å². The summed E-state index contributed by atoms with van der Waals surface area (Å²) < 4.78 is 18.2. The fraction of sp³-hybridized carbons (Fsp3) is 0.296. The zero-order valence-corrected chi connectivity index (χ0v) is 21.6. The Morgan fingerprint density at radius 1 is 0.939 bits per heavy atom. The first kappa shape index (κ1) is 25.1. The van der Waals surface area contributed by atoms with Crippen molar-refractivity contribution >= 4 is 39.1 Å². The first-order chi connectivity index (χ1) is 16.0. The third kappa shape index (κ3) is 7.21. The van der Waals surface area contributed by atoms with Gasteiger partial charge in [0.15, 0.2) is 17.3 Å². The average Bonchev–Trinajstić information content (AvgIpc) is 3.19. The Labute approximate surface area is 208 Å². The molecule has 0 aliphatic heterocycles. The van der Waals surface area contributed by atoms with Crippen molar-refractivity contribution < 1.29 is 19.0 Å². The van der Waals surface area contributed by atoms with Crippen molar-refractivity contribution in [3.8, 4) is 17.2 Å². The molecule has 0 atom stereocenters. The van der Waals surface area contributed by atoms with E-state index in [0.717, 1.165) is 50.6 Å². The van der Waals surface area contributed by atoms with Crippen LogP contribution in [0.2, 0.25) is 0 Å². The topological polar surface area (TPSA) is 44.8 Å². The maximum Gasteiger partial charge on any atom is 0.195 e. The summed E-state index contributed by atoms with van der Waals surface area (Å²) in [5.74, 6) is 2.25. The number of carbonyl (C=O) groups excluding carboxylic acids is 1. The highest BCUT2D eigenvalue weighted by atomic mass is 79.9. The van der Waals surface area contributed by atoms with E-state index in [2.05, 4.69) is 22.9 Å². The molecular weight excluding hydrogens is 500 g/mol. The number of hydrogen-bond donors (Lipinski definition) is 0. The zero-order chi connectivity index (χ0) is 23.6. The fourth-order valence-corrected chi connectivity index (χ4v) is 5.10. The van der Waals surface area contributed by atoms with Gasteiger partial charge in [0.2, 0.25) is 0 Å². The van der Waals surface area contributed by atoms with Gasteiger partial charge in [-0.25, -0.2) is 0 Å². The highest BCUT2D eigenvalue weighted by molar-refractivity contribution is 9.10. The molecule has 0 spiro atoms. The molecule has 6 heteroatoms. The Morgan fingerprint density at radius 2 is 1.67 bits per heavy atom. The van der Waals surface area contributed by atoms with Gasteiger partial charge in [0.1, 0.15) is 12.4 Å². The number of ether oxygens (including phenoxy) is 3. The van der Waals surface area contributed by atoms with Gasteiger partial charge < -0.3 is 14.2 Å². The molecule has 1 heterocycles. The van der Waals surface area contributed by atoms with Gasteiger partial charge in [-0.15, -0.1) is 11.3 Å². The normalized spacial score (nSPS) is 11.0. The van der Waals surface area contributed by atoms with Crippen molar-refractivity contribution in [2.75, 3.05) is 13.2 Å². The van der Waals surface area contributed by atoms with E-state index < -0.39 is 0 Å². The smallest absolute Gasteiger partial charge is 0.195 e. The number of thiophene rings is 1. The molecule has 0 aliphatic rings. The Hall–Kier alpha value is -2.57. The molecule has 3 rings (SSSR count). The van der Waals surface area contributed by atoms with Gasteiger partial charge in [-0.05, 0) is 83.7 Å². The molecule has 0 saturated carbocycles. The van der Waals surface area contributed by atoms with Crippen LogP contribution in [0.3, 0.4) is 0 Å². The molecule has 0 saturated heterocycles. The van der Waals surface area contributed by atoms with Gasteiger partial charge in [0.05, 0.1) is 18.1 Å². The SMILES string of the molecule is CCCc1sc(C(=O)/C=C/c2ccc(OCc3ccc(OCC)c(OCC)c3)cc2)cc1Br. The van der Waals surface area contributed by atoms with Crippen molar-refractivity contribution in [3.63, 3.8) is 0 Å². The van der Waals surface area contributed by atoms with Crippen LogP contribution in [-0.2, 0) is 13.0 Å². The lowest BCUT2D eigenvalue weighted by molar-refractivity contribution is 0.105. The maximum atomic E-state index is 12.5. The van der Waals surface area contributed by atoms with Crippen molar-refractivity contribution in [1.29, 1.82) is 0 Å². The molecule has 0 unspecified atom stereocenters. The van der Waals surface area contributed by atoms with Gasteiger partial charge in [-0.3, -0.25) is 4.79 Å². The number of aryl methyl sites for hydroxylation is 1. The van der Waals surface area contributed by atoms with Gasteiger partial charge in [-0.1, -0.05) is 37.6 Å².